The van der Waals surface area contributed by atoms with Gasteiger partial charge in [-0.2, -0.15) is 0 Å². The van der Waals surface area contributed by atoms with Crippen molar-refractivity contribution < 1.29 is 12.8 Å². The number of nitrogens with one attached hydrogen (secondary N) is 1. The summed E-state index contributed by atoms with van der Waals surface area (Å²) in [6.45, 7) is -0.00177. The molecule has 26 heavy (non-hydrogen) atoms. The molecule has 2 aromatic heterocycles. The van der Waals surface area contributed by atoms with E-state index in [9.17, 15) is 17.6 Å². The van der Waals surface area contributed by atoms with Gasteiger partial charge in [0.2, 0.25) is 10.0 Å². The van der Waals surface area contributed by atoms with Gasteiger partial charge >= 0.3 is 5.69 Å². The molecule has 0 bridgehead atoms. The quantitative estimate of drug-likeness (QED) is 0.684. The van der Waals surface area contributed by atoms with E-state index in [-0.39, 0.29) is 23.7 Å². The largest absolute Gasteiger partial charge is 0.346 e. The second-order valence-electron chi connectivity index (χ2n) is 5.46. The second kappa shape index (κ2) is 7.18. The minimum Gasteiger partial charge on any atom is -0.277 e. The molecular weight excluding hydrogens is 361 g/mol. The number of hydrogen-bond donors (Lipinski definition) is 1. The third-order valence-corrected chi connectivity index (χ3v) is 5.15. The summed E-state index contributed by atoms with van der Waals surface area (Å²) in [5.41, 5.74) is 0.157. The highest BCUT2D eigenvalue weighted by Gasteiger charge is 2.16. The summed E-state index contributed by atoms with van der Waals surface area (Å²) in [7, 11) is -2.23. The fourth-order valence-corrected chi connectivity index (χ4v) is 3.36. The van der Waals surface area contributed by atoms with Gasteiger partial charge in [-0.15, -0.1) is 5.10 Å². The van der Waals surface area contributed by atoms with Crippen LogP contribution in [0.15, 0.2) is 58.4 Å². The zero-order valence-electron chi connectivity index (χ0n) is 13.8. The number of nitrogens with zero attached hydrogens (tertiary/aromatic N) is 4. The molecule has 8 nitrogen and oxygen atoms in total. The van der Waals surface area contributed by atoms with Gasteiger partial charge < -0.3 is 0 Å². The Morgan fingerprint density at radius 1 is 1.15 bits per heavy atom. The third-order valence-electron chi connectivity index (χ3n) is 3.67. The van der Waals surface area contributed by atoms with Crippen LogP contribution in [0.4, 0.5) is 4.39 Å². The van der Waals surface area contributed by atoms with Crippen molar-refractivity contribution >= 4 is 10.0 Å². The zero-order chi connectivity index (χ0) is 18.7. The first-order valence-corrected chi connectivity index (χ1v) is 9.17. The number of sulfonamides is 1. The molecule has 0 fully saturated rings. The average molecular weight is 377 g/mol. The molecular formula is C16H16FN5O3S. The van der Waals surface area contributed by atoms with E-state index in [0.717, 1.165) is 16.8 Å². The van der Waals surface area contributed by atoms with Crippen molar-refractivity contribution in [1.82, 2.24) is 24.1 Å². The van der Waals surface area contributed by atoms with Crippen LogP contribution in [0, 0.1) is 5.82 Å². The summed E-state index contributed by atoms with van der Waals surface area (Å²) in [5, 5.41) is 4.20. The molecule has 0 aliphatic rings. The third kappa shape index (κ3) is 3.70. The van der Waals surface area contributed by atoms with Gasteiger partial charge in [0.1, 0.15) is 11.5 Å². The van der Waals surface area contributed by atoms with Gasteiger partial charge in [0.15, 0.2) is 5.82 Å². The van der Waals surface area contributed by atoms with Crippen LogP contribution < -0.4 is 10.4 Å². The van der Waals surface area contributed by atoms with E-state index in [0.29, 0.717) is 11.5 Å². The van der Waals surface area contributed by atoms with E-state index in [1.165, 1.54) is 16.7 Å². The first-order chi connectivity index (χ1) is 12.4. The number of hydrogen-bond acceptors (Lipinski definition) is 5. The molecule has 0 radical (unpaired) electrons. The van der Waals surface area contributed by atoms with Gasteiger partial charge in [-0.25, -0.2) is 27.0 Å². The molecule has 0 spiro atoms. The SMILES string of the molecule is Cn1c(-c2ccccn2)nn(CCNS(=O)(=O)c2ccc(F)cc2)c1=O. The van der Waals surface area contributed by atoms with E-state index in [4.69, 9.17) is 0 Å². The fourth-order valence-electron chi connectivity index (χ4n) is 2.33. The topological polar surface area (TPSA) is 98.9 Å². The van der Waals surface area contributed by atoms with Crippen LogP contribution in [-0.2, 0) is 23.6 Å². The minimum atomic E-state index is -3.79. The maximum absolute atomic E-state index is 12.9. The highest BCUT2D eigenvalue weighted by molar-refractivity contribution is 7.89. The highest BCUT2D eigenvalue weighted by atomic mass is 32.2. The summed E-state index contributed by atoms with van der Waals surface area (Å²) in [4.78, 5) is 16.3. The Labute approximate surface area is 149 Å². The van der Waals surface area contributed by atoms with E-state index in [1.807, 2.05) is 0 Å². The molecule has 0 atom stereocenters. The Bertz CT molecular complexity index is 1060. The first-order valence-electron chi connectivity index (χ1n) is 7.69. The Hall–Kier alpha value is -2.85. The van der Waals surface area contributed by atoms with Crippen LogP contribution in [0.3, 0.4) is 0 Å². The fraction of sp³-hybridized carbons (Fsp3) is 0.188. The Kier molecular flexibility index (Phi) is 4.96. The van der Waals surface area contributed by atoms with Crippen molar-refractivity contribution in [1.29, 1.82) is 0 Å². The van der Waals surface area contributed by atoms with Crippen LogP contribution in [-0.4, -0.2) is 34.3 Å². The Morgan fingerprint density at radius 3 is 2.54 bits per heavy atom. The van der Waals surface area contributed by atoms with Crippen molar-refractivity contribution in [2.24, 2.45) is 7.05 Å². The van der Waals surface area contributed by atoms with Crippen LogP contribution in [0.1, 0.15) is 0 Å². The predicted octanol–water partition coefficient (Wildman–Crippen LogP) is 0.761. The maximum atomic E-state index is 12.9. The number of rotatable bonds is 6. The van der Waals surface area contributed by atoms with Crippen molar-refractivity contribution in [3.8, 4) is 11.5 Å². The molecule has 0 amide bonds. The van der Waals surface area contributed by atoms with Gasteiger partial charge in [0.25, 0.3) is 0 Å². The first kappa shape index (κ1) is 18.0. The van der Waals surface area contributed by atoms with E-state index < -0.39 is 15.8 Å². The molecule has 3 rings (SSSR count). The van der Waals surface area contributed by atoms with Gasteiger partial charge in [-0.1, -0.05) is 6.07 Å². The molecule has 136 valence electrons. The van der Waals surface area contributed by atoms with Crippen LogP contribution in [0.25, 0.3) is 11.5 Å². The van der Waals surface area contributed by atoms with Gasteiger partial charge in [-0.3, -0.25) is 9.55 Å². The molecule has 0 aliphatic heterocycles. The van der Waals surface area contributed by atoms with Crippen molar-refractivity contribution in [3.05, 3.63) is 65.0 Å². The van der Waals surface area contributed by atoms with E-state index >= 15 is 0 Å². The molecule has 2 heterocycles. The summed E-state index contributed by atoms with van der Waals surface area (Å²) in [5.74, 6) is -0.136. The number of aromatic nitrogens is 4. The van der Waals surface area contributed by atoms with E-state index in [2.05, 4.69) is 14.8 Å². The number of benzene rings is 1. The molecule has 10 heteroatoms. The monoisotopic (exact) mass is 377 g/mol. The average Bonchev–Trinajstić information content (AvgIpc) is 2.91. The molecule has 0 aliphatic carbocycles. The molecule has 3 aromatic rings. The van der Waals surface area contributed by atoms with Crippen molar-refractivity contribution in [3.63, 3.8) is 0 Å². The van der Waals surface area contributed by atoms with Crippen LogP contribution in [0.2, 0.25) is 0 Å². The maximum Gasteiger partial charge on any atom is 0.346 e. The lowest BCUT2D eigenvalue weighted by atomic mass is 10.3. The normalized spacial score (nSPS) is 11.6. The van der Waals surface area contributed by atoms with Crippen LogP contribution >= 0.6 is 0 Å². The van der Waals surface area contributed by atoms with Gasteiger partial charge in [0.05, 0.1) is 11.4 Å². The summed E-state index contributed by atoms with van der Waals surface area (Å²) < 4.78 is 42.1. The van der Waals surface area contributed by atoms with E-state index in [1.54, 1.807) is 31.4 Å². The summed E-state index contributed by atoms with van der Waals surface area (Å²) in [6.07, 6.45) is 1.59. The summed E-state index contributed by atoms with van der Waals surface area (Å²) in [6, 6.07) is 9.73. The Morgan fingerprint density at radius 2 is 1.88 bits per heavy atom. The molecule has 1 aromatic carbocycles. The predicted molar refractivity (Wildman–Crippen MR) is 92.3 cm³/mol. The lowest BCUT2D eigenvalue weighted by Gasteiger charge is -2.06. The van der Waals surface area contributed by atoms with Crippen LogP contribution in [0.5, 0.6) is 0 Å². The number of pyridine rings is 1. The number of halogens is 1. The Balaban J connectivity index is 1.73. The summed E-state index contributed by atoms with van der Waals surface area (Å²) >= 11 is 0. The van der Waals surface area contributed by atoms with Gasteiger partial charge in [-0.05, 0) is 36.4 Å². The lowest BCUT2D eigenvalue weighted by Crippen LogP contribution is -2.31. The van der Waals surface area contributed by atoms with Crippen molar-refractivity contribution in [2.75, 3.05) is 6.54 Å². The molecule has 1 N–H and O–H groups in total. The van der Waals surface area contributed by atoms with Gasteiger partial charge in [0, 0.05) is 19.8 Å². The molecule has 0 unspecified atom stereocenters. The van der Waals surface area contributed by atoms with Crippen molar-refractivity contribution in [2.45, 2.75) is 11.4 Å². The second-order valence-corrected chi connectivity index (χ2v) is 7.22. The zero-order valence-corrected chi connectivity index (χ0v) is 14.6. The highest BCUT2D eigenvalue weighted by Crippen LogP contribution is 2.11. The molecule has 0 saturated heterocycles. The smallest absolute Gasteiger partial charge is 0.277 e. The lowest BCUT2D eigenvalue weighted by molar-refractivity contribution is 0.550. The molecule has 0 saturated carbocycles. The minimum absolute atomic E-state index is 0.0416. The standard InChI is InChI=1S/C16H16FN5O3S/c1-21-15(14-4-2-3-9-18-14)20-22(16(21)23)11-10-19-26(24,25)13-7-5-12(17)6-8-13/h2-9,19H,10-11H2,1H3.